The highest BCUT2D eigenvalue weighted by Gasteiger charge is 2.19. The second-order valence-electron chi connectivity index (χ2n) is 7.32. The van der Waals surface area contributed by atoms with E-state index in [1.54, 1.807) is 7.05 Å². The summed E-state index contributed by atoms with van der Waals surface area (Å²) in [6.45, 7) is 3.94. The lowest BCUT2D eigenvalue weighted by Crippen LogP contribution is -2.37. The summed E-state index contributed by atoms with van der Waals surface area (Å²) in [6, 6.07) is 9.47. The van der Waals surface area contributed by atoms with E-state index in [1.165, 1.54) is 23.0 Å². The van der Waals surface area contributed by atoms with Gasteiger partial charge >= 0.3 is 5.69 Å². The van der Waals surface area contributed by atoms with Crippen LogP contribution in [0, 0.1) is 13.8 Å². The fraction of sp³-hybridized carbons (Fsp3) is 0.227. The smallest absolute Gasteiger partial charge is 0.325 e. The van der Waals surface area contributed by atoms with Crippen molar-refractivity contribution < 1.29 is 4.79 Å². The third kappa shape index (κ3) is 3.98. The molecular weight excluding hydrogens is 446 g/mol. The zero-order chi connectivity index (χ0) is 23.0. The van der Waals surface area contributed by atoms with Crippen molar-refractivity contribution in [3.8, 4) is 10.7 Å². The number of aryl methyl sites for hydroxylation is 2. The van der Waals surface area contributed by atoms with E-state index in [1.807, 2.05) is 49.6 Å². The number of thioether (sulfide) groups is 1. The molecule has 1 amide bonds. The zero-order valence-corrected chi connectivity index (χ0v) is 19.6. The van der Waals surface area contributed by atoms with Gasteiger partial charge in [-0.3, -0.25) is 18.7 Å². The van der Waals surface area contributed by atoms with Gasteiger partial charge in [-0.15, -0.1) is 11.3 Å². The summed E-state index contributed by atoms with van der Waals surface area (Å²) in [5.74, 6) is 0.248. The minimum Gasteiger partial charge on any atom is -0.325 e. The summed E-state index contributed by atoms with van der Waals surface area (Å²) in [5, 5.41) is 5.41. The number of benzene rings is 1. The zero-order valence-electron chi connectivity index (χ0n) is 18.0. The van der Waals surface area contributed by atoms with Crippen LogP contribution in [-0.2, 0) is 18.9 Å². The predicted molar refractivity (Wildman–Crippen MR) is 129 cm³/mol. The molecule has 1 N–H and O–H groups in total. The van der Waals surface area contributed by atoms with Crippen LogP contribution in [0.3, 0.4) is 0 Å². The lowest BCUT2D eigenvalue weighted by atomic mass is 10.1. The Hall–Kier alpha value is -3.24. The van der Waals surface area contributed by atoms with Crippen LogP contribution >= 0.6 is 23.1 Å². The van der Waals surface area contributed by atoms with E-state index in [0.29, 0.717) is 10.9 Å². The number of rotatable bonds is 5. The number of fused-ring (bicyclic) bond motifs is 1. The number of nitrogens with one attached hydrogen (secondary N) is 1. The van der Waals surface area contributed by atoms with Crippen LogP contribution < -0.4 is 16.6 Å². The molecule has 10 heteroatoms. The molecule has 0 saturated heterocycles. The van der Waals surface area contributed by atoms with Gasteiger partial charge in [0.05, 0.1) is 10.6 Å². The van der Waals surface area contributed by atoms with Gasteiger partial charge in [0.2, 0.25) is 5.91 Å². The first-order valence-electron chi connectivity index (χ1n) is 9.78. The van der Waals surface area contributed by atoms with E-state index in [4.69, 9.17) is 0 Å². The molecule has 164 valence electrons. The maximum atomic E-state index is 12.9. The van der Waals surface area contributed by atoms with Crippen molar-refractivity contribution in [3.05, 3.63) is 67.7 Å². The van der Waals surface area contributed by atoms with Crippen molar-refractivity contribution in [2.24, 2.45) is 14.1 Å². The minimum absolute atomic E-state index is 0.0510. The molecule has 0 aliphatic heterocycles. The lowest BCUT2D eigenvalue weighted by Gasteiger charge is -2.12. The largest absolute Gasteiger partial charge is 0.332 e. The average Bonchev–Trinajstić information content (AvgIpc) is 3.32. The van der Waals surface area contributed by atoms with E-state index < -0.39 is 11.2 Å². The first-order valence-corrected chi connectivity index (χ1v) is 11.6. The number of anilines is 1. The SMILES string of the molecule is Cc1cccc(NC(=O)CSc2nc(-c3cccs3)nc3c2c(=O)n(C)c(=O)n3C)c1C. The summed E-state index contributed by atoms with van der Waals surface area (Å²) in [5.41, 5.74) is 2.12. The molecule has 0 radical (unpaired) electrons. The van der Waals surface area contributed by atoms with Crippen LogP contribution in [0.1, 0.15) is 11.1 Å². The monoisotopic (exact) mass is 467 g/mol. The summed E-state index contributed by atoms with van der Waals surface area (Å²) in [7, 11) is 2.98. The highest BCUT2D eigenvalue weighted by atomic mass is 32.2. The number of carbonyl (C=O) groups excluding carboxylic acids is 1. The number of thiophene rings is 1. The van der Waals surface area contributed by atoms with Crippen molar-refractivity contribution in [1.82, 2.24) is 19.1 Å². The van der Waals surface area contributed by atoms with E-state index in [-0.39, 0.29) is 22.7 Å². The summed E-state index contributed by atoms with van der Waals surface area (Å²) in [4.78, 5) is 47.9. The molecule has 4 aromatic rings. The van der Waals surface area contributed by atoms with Crippen molar-refractivity contribution in [2.75, 3.05) is 11.1 Å². The molecule has 0 spiro atoms. The van der Waals surface area contributed by atoms with Gasteiger partial charge in [0.1, 0.15) is 10.4 Å². The average molecular weight is 468 g/mol. The Morgan fingerprint density at radius 3 is 2.59 bits per heavy atom. The molecule has 0 saturated carbocycles. The first-order chi connectivity index (χ1) is 15.3. The standard InChI is InChI=1S/C22H21N5O3S2/c1-12-7-5-8-14(13(12)2)23-16(28)11-32-20-17-19(26(3)22(30)27(4)21(17)29)24-18(25-20)15-9-6-10-31-15/h5-10H,11H2,1-4H3,(H,23,28). The van der Waals surface area contributed by atoms with Crippen molar-refractivity contribution in [3.63, 3.8) is 0 Å². The first kappa shape index (κ1) is 22.0. The van der Waals surface area contributed by atoms with Gasteiger partial charge in [-0.2, -0.15) is 0 Å². The molecule has 1 aromatic carbocycles. The van der Waals surface area contributed by atoms with Gasteiger partial charge in [-0.25, -0.2) is 14.8 Å². The second-order valence-corrected chi connectivity index (χ2v) is 9.23. The Morgan fingerprint density at radius 2 is 1.88 bits per heavy atom. The molecule has 32 heavy (non-hydrogen) atoms. The molecule has 0 unspecified atom stereocenters. The molecular formula is C22H21N5O3S2. The minimum atomic E-state index is -0.488. The summed E-state index contributed by atoms with van der Waals surface area (Å²) in [6.07, 6.45) is 0. The third-order valence-corrected chi connectivity index (χ3v) is 7.07. The van der Waals surface area contributed by atoms with E-state index in [9.17, 15) is 14.4 Å². The van der Waals surface area contributed by atoms with Crippen molar-refractivity contribution in [2.45, 2.75) is 18.9 Å². The van der Waals surface area contributed by atoms with E-state index >= 15 is 0 Å². The van der Waals surface area contributed by atoms with E-state index in [2.05, 4.69) is 15.3 Å². The molecule has 0 aliphatic carbocycles. The van der Waals surface area contributed by atoms with Gasteiger partial charge < -0.3 is 5.32 Å². The quantitative estimate of drug-likeness (QED) is 0.358. The summed E-state index contributed by atoms with van der Waals surface area (Å²) >= 11 is 2.60. The number of nitrogens with zero attached hydrogens (tertiary/aromatic N) is 4. The molecule has 0 fully saturated rings. The van der Waals surface area contributed by atoms with Gasteiger partial charge in [0.15, 0.2) is 11.5 Å². The predicted octanol–water partition coefficient (Wildman–Crippen LogP) is 3.10. The lowest BCUT2D eigenvalue weighted by molar-refractivity contribution is -0.113. The van der Waals surface area contributed by atoms with Crippen LogP contribution in [0.15, 0.2) is 50.3 Å². The highest BCUT2D eigenvalue weighted by molar-refractivity contribution is 8.00. The van der Waals surface area contributed by atoms with Gasteiger partial charge in [0, 0.05) is 19.8 Å². The van der Waals surface area contributed by atoms with Crippen LogP contribution in [0.5, 0.6) is 0 Å². The number of aromatic nitrogens is 4. The number of amides is 1. The number of hydrogen-bond donors (Lipinski definition) is 1. The van der Waals surface area contributed by atoms with Crippen molar-refractivity contribution >= 4 is 45.7 Å². The topological polar surface area (TPSA) is 98.9 Å². The Bertz CT molecular complexity index is 1460. The molecule has 0 aliphatic rings. The van der Waals surface area contributed by atoms with Crippen LogP contribution in [0.4, 0.5) is 5.69 Å². The number of carbonyl (C=O) groups is 1. The molecule has 4 rings (SSSR count). The van der Waals surface area contributed by atoms with Crippen LogP contribution in [0.25, 0.3) is 21.7 Å². The fourth-order valence-corrected chi connectivity index (χ4v) is 4.73. The van der Waals surface area contributed by atoms with Crippen LogP contribution in [0.2, 0.25) is 0 Å². The van der Waals surface area contributed by atoms with Gasteiger partial charge in [-0.1, -0.05) is 30.0 Å². The van der Waals surface area contributed by atoms with Crippen LogP contribution in [-0.4, -0.2) is 30.8 Å². The summed E-state index contributed by atoms with van der Waals surface area (Å²) < 4.78 is 2.35. The maximum Gasteiger partial charge on any atom is 0.332 e. The molecule has 3 aromatic heterocycles. The highest BCUT2D eigenvalue weighted by Crippen LogP contribution is 2.28. The van der Waals surface area contributed by atoms with Crippen molar-refractivity contribution in [1.29, 1.82) is 0 Å². The molecule has 8 nitrogen and oxygen atoms in total. The Morgan fingerprint density at radius 1 is 1.09 bits per heavy atom. The Kier molecular flexibility index (Phi) is 5.98. The maximum absolute atomic E-state index is 12.9. The third-order valence-electron chi connectivity index (χ3n) is 5.23. The molecule has 0 bridgehead atoms. The van der Waals surface area contributed by atoms with Gasteiger partial charge in [0.25, 0.3) is 5.56 Å². The van der Waals surface area contributed by atoms with Gasteiger partial charge in [-0.05, 0) is 42.5 Å². The Balaban J connectivity index is 1.74. The fourth-order valence-electron chi connectivity index (χ4n) is 3.26. The molecule has 0 atom stereocenters. The second kappa shape index (κ2) is 8.71. The Labute approximate surface area is 192 Å². The normalized spacial score (nSPS) is 11.1. The van der Waals surface area contributed by atoms with E-state index in [0.717, 1.165) is 38.0 Å². The molecule has 3 heterocycles. The number of hydrogen-bond acceptors (Lipinski definition) is 7.